The van der Waals surface area contributed by atoms with Crippen LogP contribution in [0.15, 0.2) is 53.9 Å². The molecule has 0 unspecified atom stereocenters. The Morgan fingerprint density at radius 3 is 2.63 bits per heavy atom. The Labute approximate surface area is 155 Å². The van der Waals surface area contributed by atoms with Crippen LogP contribution in [0.25, 0.3) is 11.3 Å². The fraction of sp³-hybridized carbons (Fsp3) is 0.0588. The molecule has 0 fully saturated rings. The minimum atomic E-state index is -2.94. The van der Waals surface area contributed by atoms with Gasteiger partial charge < -0.3 is 4.74 Å². The van der Waals surface area contributed by atoms with E-state index >= 15 is 0 Å². The van der Waals surface area contributed by atoms with Crippen LogP contribution in [0, 0.1) is 10.1 Å². The molecule has 0 saturated heterocycles. The van der Waals surface area contributed by atoms with E-state index in [-0.39, 0.29) is 17.0 Å². The molecule has 10 heteroatoms. The van der Waals surface area contributed by atoms with Crippen molar-refractivity contribution in [2.24, 2.45) is 0 Å². The Morgan fingerprint density at radius 1 is 1.22 bits per heavy atom. The minimum absolute atomic E-state index is 0.0521. The highest BCUT2D eigenvalue weighted by Crippen LogP contribution is 2.27. The standard InChI is InChI=1S/C17H11F2N3O4S/c18-16(19)26-13-6-4-10(5-7-13)15(23)21-17-20-14(9-27-17)11-2-1-3-12(8-11)22(24)25/h1-9,16H,(H,20,21,23). The summed E-state index contributed by atoms with van der Waals surface area (Å²) in [5.74, 6) is -0.526. The average Bonchev–Trinajstić information content (AvgIpc) is 3.10. The van der Waals surface area contributed by atoms with Gasteiger partial charge in [-0.05, 0) is 24.3 Å². The summed E-state index contributed by atoms with van der Waals surface area (Å²) in [4.78, 5) is 26.8. The SMILES string of the molecule is O=C(Nc1nc(-c2cccc([N+](=O)[O-])c2)cs1)c1ccc(OC(F)F)cc1. The zero-order valence-electron chi connectivity index (χ0n) is 13.5. The lowest BCUT2D eigenvalue weighted by atomic mass is 10.1. The number of hydrogen-bond acceptors (Lipinski definition) is 6. The van der Waals surface area contributed by atoms with Crippen LogP contribution in [-0.4, -0.2) is 22.4 Å². The number of nitro benzene ring substituents is 1. The van der Waals surface area contributed by atoms with Crippen molar-refractivity contribution < 1.29 is 23.2 Å². The zero-order chi connectivity index (χ0) is 19.4. The molecular formula is C17H11F2N3O4S. The largest absolute Gasteiger partial charge is 0.435 e. The number of benzene rings is 2. The summed E-state index contributed by atoms with van der Waals surface area (Å²) in [6, 6.07) is 11.2. The van der Waals surface area contributed by atoms with Crippen molar-refractivity contribution in [3.05, 3.63) is 69.6 Å². The van der Waals surface area contributed by atoms with E-state index in [1.807, 2.05) is 0 Å². The molecule has 1 N–H and O–H groups in total. The quantitative estimate of drug-likeness (QED) is 0.491. The molecule has 1 heterocycles. The molecule has 0 aliphatic heterocycles. The Hall–Kier alpha value is -3.40. The maximum absolute atomic E-state index is 12.2. The lowest BCUT2D eigenvalue weighted by Gasteiger charge is -2.05. The number of carbonyl (C=O) groups excluding carboxylic acids is 1. The summed E-state index contributed by atoms with van der Waals surface area (Å²) in [5, 5.41) is 15.4. The number of halogens is 2. The number of nitrogens with one attached hydrogen (secondary N) is 1. The van der Waals surface area contributed by atoms with Crippen LogP contribution in [0.1, 0.15) is 10.4 Å². The third-order valence-corrected chi connectivity index (χ3v) is 4.18. The van der Waals surface area contributed by atoms with E-state index in [1.165, 1.54) is 36.4 Å². The summed E-state index contributed by atoms with van der Waals surface area (Å²) in [7, 11) is 0. The first-order valence-corrected chi connectivity index (χ1v) is 8.37. The first kappa shape index (κ1) is 18.4. The lowest BCUT2D eigenvalue weighted by Crippen LogP contribution is -2.11. The average molecular weight is 391 g/mol. The Kier molecular flexibility index (Phi) is 5.36. The van der Waals surface area contributed by atoms with E-state index in [4.69, 9.17) is 0 Å². The van der Waals surface area contributed by atoms with Crippen LogP contribution < -0.4 is 10.1 Å². The van der Waals surface area contributed by atoms with Crippen molar-refractivity contribution in [3.8, 4) is 17.0 Å². The molecule has 3 aromatic rings. The molecule has 0 spiro atoms. The van der Waals surface area contributed by atoms with Gasteiger partial charge in [-0.3, -0.25) is 20.2 Å². The third-order valence-electron chi connectivity index (χ3n) is 3.42. The lowest BCUT2D eigenvalue weighted by molar-refractivity contribution is -0.384. The second-order valence-corrected chi connectivity index (χ2v) is 6.06. The molecule has 138 valence electrons. The van der Waals surface area contributed by atoms with Gasteiger partial charge in [0.2, 0.25) is 0 Å². The maximum atomic E-state index is 12.2. The molecular weight excluding hydrogens is 380 g/mol. The number of non-ortho nitro benzene ring substituents is 1. The number of ether oxygens (including phenoxy) is 1. The van der Waals surface area contributed by atoms with E-state index in [0.717, 1.165) is 11.3 Å². The maximum Gasteiger partial charge on any atom is 0.387 e. The molecule has 0 atom stereocenters. The van der Waals surface area contributed by atoms with Crippen LogP contribution in [-0.2, 0) is 0 Å². The highest BCUT2D eigenvalue weighted by Gasteiger charge is 2.13. The second-order valence-electron chi connectivity index (χ2n) is 5.20. The number of alkyl halides is 2. The van der Waals surface area contributed by atoms with Gasteiger partial charge in [-0.1, -0.05) is 12.1 Å². The van der Waals surface area contributed by atoms with E-state index in [9.17, 15) is 23.7 Å². The number of anilines is 1. The molecule has 7 nitrogen and oxygen atoms in total. The van der Waals surface area contributed by atoms with Gasteiger partial charge in [0.1, 0.15) is 5.75 Å². The third kappa shape index (κ3) is 4.61. The van der Waals surface area contributed by atoms with Gasteiger partial charge in [0.05, 0.1) is 10.6 Å². The Balaban J connectivity index is 1.71. The van der Waals surface area contributed by atoms with Gasteiger partial charge in [-0.2, -0.15) is 8.78 Å². The Morgan fingerprint density at radius 2 is 1.96 bits per heavy atom. The molecule has 3 rings (SSSR count). The number of amides is 1. The number of carbonyl (C=O) groups is 1. The van der Waals surface area contributed by atoms with E-state index in [2.05, 4.69) is 15.0 Å². The van der Waals surface area contributed by atoms with Crippen molar-refractivity contribution in [2.45, 2.75) is 6.61 Å². The van der Waals surface area contributed by atoms with Crippen molar-refractivity contribution >= 4 is 28.1 Å². The van der Waals surface area contributed by atoms with Gasteiger partial charge in [-0.25, -0.2) is 4.98 Å². The molecule has 0 bridgehead atoms. The number of aromatic nitrogens is 1. The van der Waals surface area contributed by atoms with Crippen molar-refractivity contribution in [1.82, 2.24) is 4.98 Å². The first-order chi connectivity index (χ1) is 12.9. The zero-order valence-corrected chi connectivity index (χ0v) is 14.3. The van der Waals surface area contributed by atoms with Crippen molar-refractivity contribution in [3.63, 3.8) is 0 Å². The van der Waals surface area contributed by atoms with Gasteiger partial charge >= 0.3 is 6.61 Å². The summed E-state index contributed by atoms with van der Waals surface area (Å²) >= 11 is 1.16. The molecule has 0 saturated carbocycles. The van der Waals surface area contributed by atoms with Crippen molar-refractivity contribution in [2.75, 3.05) is 5.32 Å². The summed E-state index contributed by atoms with van der Waals surface area (Å²) < 4.78 is 28.5. The van der Waals surface area contributed by atoms with Crippen molar-refractivity contribution in [1.29, 1.82) is 0 Å². The predicted octanol–water partition coefficient (Wildman–Crippen LogP) is 4.57. The number of hydrogen-bond donors (Lipinski definition) is 1. The van der Waals surface area contributed by atoms with Crippen LogP contribution >= 0.6 is 11.3 Å². The molecule has 0 aliphatic carbocycles. The number of nitro groups is 1. The summed E-state index contributed by atoms with van der Waals surface area (Å²) in [6.07, 6.45) is 0. The van der Waals surface area contributed by atoms with Gasteiger partial charge in [0, 0.05) is 28.6 Å². The number of rotatable bonds is 6. The van der Waals surface area contributed by atoms with Crippen LogP contribution in [0.2, 0.25) is 0 Å². The highest BCUT2D eigenvalue weighted by molar-refractivity contribution is 7.14. The van der Waals surface area contributed by atoms with E-state index < -0.39 is 17.4 Å². The topological polar surface area (TPSA) is 94.4 Å². The molecule has 1 amide bonds. The molecule has 27 heavy (non-hydrogen) atoms. The molecule has 2 aromatic carbocycles. The van der Waals surface area contributed by atoms with Crippen LogP contribution in [0.4, 0.5) is 19.6 Å². The summed E-state index contributed by atoms with van der Waals surface area (Å²) in [6.45, 7) is -2.94. The van der Waals surface area contributed by atoms with Gasteiger partial charge in [0.25, 0.3) is 11.6 Å². The Bertz CT molecular complexity index is 976. The smallest absolute Gasteiger partial charge is 0.387 e. The van der Waals surface area contributed by atoms with E-state index in [0.29, 0.717) is 16.4 Å². The van der Waals surface area contributed by atoms with Crippen LogP contribution in [0.3, 0.4) is 0 Å². The first-order valence-electron chi connectivity index (χ1n) is 7.49. The highest BCUT2D eigenvalue weighted by atomic mass is 32.1. The second kappa shape index (κ2) is 7.87. The fourth-order valence-electron chi connectivity index (χ4n) is 2.20. The number of thiazole rings is 1. The number of nitrogens with zero attached hydrogens (tertiary/aromatic N) is 2. The molecule has 0 aliphatic rings. The fourth-order valence-corrected chi connectivity index (χ4v) is 2.91. The van der Waals surface area contributed by atoms with Crippen LogP contribution in [0.5, 0.6) is 5.75 Å². The predicted molar refractivity (Wildman–Crippen MR) is 95.2 cm³/mol. The van der Waals surface area contributed by atoms with Gasteiger partial charge in [-0.15, -0.1) is 11.3 Å². The van der Waals surface area contributed by atoms with E-state index in [1.54, 1.807) is 17.5 Å². The molecule has 0 radical (unpaired) electrons. The minimum Gasteiger partial charge on any atom is -0.435 e. The van der Waals surface area contributed by atoms with Gasteiger partial charge in [0.15, 0.2) is 5.13 Å². The normalized spacial score (nSPS) is 10.6. The monoisotopic (exact) mass is 391 g/mol. The summed E-state index contributed by atoms with van der Waals surface area (Å²) in [5.41, 5.74) is 1.22. The molecule has 1 aromatic heterocycles.